The number of carbonyl (C=O) groups is 2. The van der Waals surface area contributed by atoms with Crippen LogP contribution in [-0.2, 0) is 14.3 Å². The van der Waals surface area contributed by atoms with Crippen molar-refractivity contribution in [2.24, 2.45) is 0 Å². The molecule has 4 aromatic rings. The van der Waals surface area contributed by atoms with Gasteiger partial charge < -0.3 is 14.7 Å². The molecule has 5 heteroatoms. The first-order chi connectivity index (χ1) is 12.2. The Hall–Kier alpha value is -3.60. The molecule has 0 aliphatic carbocycles. The summed E-state index contributed by atoms with van der Waals surface area (Å²) < 4.78 is 4.92. The number of aromatic amines is 2. The summed E-state index contributed by atoms with van der Waals surface area (Å²) in [5, 5.41) is 1.84. The molecule has 25 heavy (non-hydrogen) atoms. The zero-order valence-corrected chi connectivity index (χ0v) is 13.0. The summed E-state index contributed by atoms with van der Waals surface area (Å²) in [5.41, 5.74) is 3.60. The number of hydrogen-bond donors (Lipinski definition) is 2. The number of nitrogens with one attached hydrogen (secondary N) is 2. The van der Waals surface area contributed by atoms with E-state index in [9.17, 15) is 9.59 Å². The van der Waals surface area contributed by atoms with Crippen LogP contribution < -0.4 is 0 Å². The summed E-state index contributed by atoms with van der Waals surface area (Å²) in [6.45, 7) is 0. The van der Waals surface area contributed by atoms with Gasteiger partial charge in [-0.2, -0.15) is 0 Å². The number of para-hydroxylation sites is 2. The maximum absolute atomic E-state index is 12.4. The smallest absolute Gasteiger partial charge is 0.349 e. The van der Waals surface area contributed by atoms with Crippen LogP contribution in [-0.4, -0.2) is 21.9 Å². The first-order valence-electron chi connectivity index (χ1n) is 7.88. The average molecular weight is 328 g/mol. The van der Waals surface area contributed by atoms with Crippen molar-refractivity contribution in [3.63, 3.8) is 0 Å². The number of aromatic nitrogens is 2. The third-order valence-corrected chi connectivity index (χ3v) is 4.50. The van der Waals surface area contributed by atoms with E-state index in [-0.39, 0.29) is 11.1 Å². The molecule has 2 N–H and O–H groups in total. The summed E-state index contributed by atoms with van der Waals surface area (Å²) in [6.07, 6.45) is 1.74. The lowest BCUT2D eigenvalue weighted by Crippen LogP contribution is -2.02. The second kappa shape index (κ2) is 4.95. The fraction of sp³-hybridized carbons (Fsp3) is 0. The van der Waals surface area contributed by atoms with E-state index in [2.05, 4.69) is 9.97 Å². The molecule has 1 aliphatic rings. The van der Waals surface area contributed by atoms with Crippen molar-refractivity contribution in [3.8, 4) is 0 Å². The number of benzene rings is 2. The van der Waals surface area contributed by atoms with Gasteiger partial charge in [0.25, 0.3) is 0 Å². The molecular weight excluding hydrogens is 316 g/mol. The Bertz CT molecular complexity index is 1180. The number of hydrogen-bond acceptors (Lipinski definition) is 3. The van der Waals surface area contributed by atoms with Crippen LogP contribution in [0.25, 0.3) is 33.0 Å². The minimum absolute atomic E-state index is 0.269. The van der Waals surface area contributed by atoms with Gasteiger partial charge in [0.1, 0.15) is 0 Å². The Morgan fingerprint density at radius 3 is 2.36 bits per heavy atom. The number of H-pyrrole nitrogens is 2. The molecule has 5 rings (SSSR count). The molecule has 2 aromatic heterocycles. The van der Waals surface area contributed by atoms with Crippen molar-refractivity contribution < 1.29 is 14.3 Å². The molecule has 2 aromatic carbocycles. The van der Waals surface area contributed by atoms with Crippen LogP contribution >= 0.6 is 0 Å². The van der Waals surface area contributed by atoms with Crippen molar-refractivity contribution in [2.45, 2.75) is 0 Å². The third-order valence-electron chi connectivity index (χ3n) is 4.50. The van der Waals surface area contributed by atoms with Gasteiger partial charge in [-0.1, -0.05) is 36.4 Å². The molecule has 0 bridgehead atoms. The Kier molecular flexibility index (Phi) is 2.73. The van der Waals surface area contributed by atoms with Gasteiger partial charge in [0, 0.05) is 33.6 Å². The maximum Gasteiger partial charge on any atom is 0.349 e. The van der Waals surface area contributed by atoms with Crippen molar-refractivity contribution >= 4 is 44.9 Å². The standard InChI is InChI=1S/C20H12N2O3/c23-19-17(13-10-21-15-8-4-2-6-12(13)15)18(20(24)25-19)16-9-11-5-1-3-7-14(11)22-16/h1-10,21-22H. The molecule has 0 atom stereocenters. The fourth-order valence-electron chi connectivity index (χ4n) is 3.37. The van der Waals surface area contributed by atoms with Gasteiger partial charge in [0.15, 0.2) is 0 Å². The van der Waals surface area contributed by atoms with Gasteiger partial charge in [0.05, 0.1) is 16.8 Å². The van der Waals surface area contributed by atoms with Crippen molar-refractivity contribution in [1.82, 2.24) is 9.97 Å². The van der Waals surface area contributed by atoms with E-state index in [0.717, 1.165) is 21.8 Å². The third kappa shape index (κ3) is 1.96. The van der Waals surface area contributed by atoms with Crippen LogP contribution in [0.5, 0.6) is 0 Å². The highest BCUT2D eigenvalue weighted by atomic mass is 16.6. The summed E-state index contributed by atoms with van der Waals surface area (Å²) in [5.74, 6) is -1.25. The summed E-state index contributed by atoms with van der Waals surface area (Å²) in [7, 11) is 0. The van der Waals surface area contributed by atoms with Crippen molar-refractivity contribution in [1.29, 1.82) is 0 Å². The molecule has 1 aliphatic heterocycles. The van der Waals surface area contributed by atoms with Crippen LogP contribution in [0.2, 0.25) is 0 Å². The minimum Gasteiger partial charge on any atom is -0.386 e. The molecule has 0 fully saturated rings. The van der Waals surface area contributed by atoms with Gasteiger partial charge in [0.2, 0.25) is 0 Å². The summed E-state index contributed by atoms with van der Waals surface area (Å²) in [4.78, 5) is 31.1. The molecule has 0 saturated heterocycles. The van der Waals surface area contributed by atoms with Crippen molar-refractivity contribution in [2.75, 3.05) is 0 Å². The van der Waals surface area contributed by atoms with Gasteiger partial charge in [-0.05, 0) is 18.2 Å². The topological polar surface area (TPSA) is 75.0 Å². The minimum atomic E-state index is -0.628. The maximum atomic E-state index is 12.4. The highest BCUT2D eigenvalue weighted by molar-refractivity contribution is 6.45. The Morgan fingerprint density at radius 2 is 1.52 bits per heavy atom. The largest absolute Gasteiger partial charge is 0.386 e. The van der Waals surface area contributed by atoms with E-state index < -0.39 is 11.9 Å². The van der Waals surface area contributed by atoms with Crippen LogP contribution in [0.1, 0.15) is 11.3 Å². The van der Waals surface area contributed by atoms with E-state index in [1.54, 1.807) is 6.20 Å². The van der Waals surface area contributed by atoms with Gasteiger partial charge >= 0.3 is 11.9 Å². The number of esters is 2. The predicted molar refractivity (Wildman–Crippen MR) is 94.5 cm³/mol. The Labute approximate surface area is 141 Å². The van der Waals surface area contributed by atoms with Crippen molar-refractivity contribution in [3.05, 3.63) is 72.1 Å². The Balaban J connectivity index is 1.81. The number of ether oxygens (including phenoxy) is 1. The van der Waals surface area contributed by atoms with E-state index in [0.29, 0.717) is 11.3 Å². The molecule has 0 spiro atoms. The van der Waals surface area contributed by atoms with Crippen LogP contribution in [0.15, 0.2) is 60.8 Å². The molecule has 0 amide bonds. The lowest BCUT2D eigenvalue weighted by Gasteiger charge is -2.00. The molecule has 0 radical (unpaired) electrons. The van der Waals surface area contributed by atoms with Gasteiger partial charge in [-0.15, -0.1) is 0 Å². The van der Waals surface area contributed by atoms with Crippen LogP contribution in [0, 0.1) is 0 Å². The van der Waals surface area contributed by atoms with Gasteiger partial charge in [-0.3, -0.25) is 0 Å². The van der Waals surface area contributed by atoms with E-state index in [4.69, 9.17) is 4.74 Å². The predicted octanol–water partition coefficient (Wildman–Crippen LogP) is 3.64. The SMILES string of the molecule is O=C1OC(=O)C(c2c[nH]c3ccccc23)=C1c1cc2ccccc2[nH]1. The zero-order valence-electron chi connectivity index (χ0n) is 13.0. The highest BCUT2D eigenvalue weighted by Gasteiger charge is 2.36. The molecule has 3 heterocycles. The second-order valence-corrected chi connectivity index (χ2v) is 5.95. The van der Waals surface area contributed by atoms with Gasteiger partial charge in [-0.25, -0.2) is 9.59 Å². The summed E-state index contributed by atoms with van der Waals surface area (Å²) >= 11 is 0. The van der Waals surface area contributed by atoms with E-state index in [1.165, 1.54) is 0 Å². The lowest BCUT2D eigenvalue weighted by molar-refractivity contribution is -0.149. The molecule has 120 valence electrons. The molecular formula is C20H12N2O3. The normalized spacial score (nSPS) is 14.7. The van der Waals surface area contributed by atoms with E-state index in [1.807, 2.05) is 54.6 Å². The van der Waals surface area contributed by atoms with E-state index >= 15 is 0 Å². The number of rotatable bonds is 2. The van der Waals surface area contributed by atoms with Crippen LogP contribution in [0.3, 0.4) is 0 Å². The second-order valence-electron chi connectivity index (χ2n) is 5.95. The monoisotopic (exact) mass is 328 g/mol. The number of carbonyl (C=O) groups excluding carboxylic acids is 2. The molecule has 0 saturated carbocycles. The zero-order chi connectivity index (χ0) is 17.0. The highest BCUT2D eigenvalue weighted by Crippen LogP contribution is 2.37. The summed E-state index contributed by atoms with van der Waals surface area (Å²) in [6, 6.07) is 17.2. The fourth-order valence-corrected chi connectivity index (χ4v) is 3.37. The lowest BCUT2D eigenvalue weighted by atomic mass is 9.99. The average Bonchev–Trinajstić information content (AvgIpc) is 3.29. The first kappa shape index (κ1) is 13.8. The molecule has 0 unspecified atom stereocenters. The number of fused-ring (bicyclic) bond motifs is 2. The van der Waals surface area contributed by atoms with Crippen LogP contribution in [0.4, 0.5) is 0 Å². The number of cyclic esters (lactones) is 2. The quantitative estimate of drug-likeness (QED) is 0.436. The Morgan fingerprint density at radius 1 is 0.800 bits per heavy atom. The first-order valence-corrected chi connectivity index (χ1v) is 7.88. The molecule has 5 nitrogen and oxygen atoms in total.